The van der Waals surface area contributed by atoms with Crippen LogP contribution in [0.15, 0.2) is 52.4 Å². The first-order chi connectivity index (χ1) is 7.98. The molecule has 0 heterocycles. The molecule has 0 atom stereocenters. The van der Waals surface area contributed by atoms with Gasteiger partial charge in [-0.1, -0.05) is 24.8 Å². The van der Waals surface area contributed by atoms with E-state index >= 15 is 0 Å². The summed E-state index contributed by atoms with van der Waals surface area (Å²) < 4.78 is 24.3. The normalized spacial score (nSPS) is 10.6. The molecule has 0 aliphatic heterocycles. The van der Waals surface area contributed by atoms with E-state index in [0.717, 1.165) is 0 Å². The summed E-state index contributed by atoms with van der Waals surface area (Å²) >= 11 is 0. The highest BCUT2D eigenvalue weighted by atomic mass is 32.2. The van der Waals surface area contributed by atoms with Crippen molar-refractivity contribution in [2.24, 2.45) is 0 Å². The molecule has 3 nitrogen and oxygen atoms in total. The van der Waals surface area contributed by atoms with Crippen LogP contribution in [-0.4, -0.2) is 14.2 Å². The summed E-state index contributed by atoms with van der Waals surface area (Å²) in [5.41, 5.74) is 2.42. The minimum absolute atomic E-state index is 0.0546. The summed E-state index contributed by atoms with van der Waals surface area (Å²) in [5, 5.41) is 0. The fourth-order valence-corrected chi connectivity index (χ4v) is 2.71. The molecule has 1 rings (SSSR count). The molecule has 0 N–H and O–H groups in total. The second-order valence-electron chi connectivity index (χ2n) is 3.62. The van der Waals surface area contributed by atoms with Crippen LogP contribution >= 0.6 is 0 Å². The molecule has 0 amide bonds. The topological polar surface area (TPSA) is 51.2 Å². The van der Waals surface area contributed by atoms with Crippen LogP contribution in [0, 0.1) is 0 Å². The molecule has 0 radical (unpaired) electrons. The molecule has 4 heteroatoms. The number of hydrogen-bond donors (Lipinski definition) is 0. The Labute approximate surface area is 101 Å². The van der Waals surface area contributed by atoms with Crippen molar-refractivity contribution in [2.45, 2.75) is 24.7 Å². The van der Waals surface area contributed by atoms with Crippen LogP contribution < -0.4 is 0 Å². The average molecular weight is 250 g/mol. The smallest absolute Gasteiger partial charge is 0.210 e. The van der Waals surface area contributed by atoms with E-state index in [-0.39, 0.29) is 28.4 Å². The summed E-state index contributed by atoms with van der Waals surface area (Å²) in [5.74, 6) is -0.0546. The van der Waals surface area contributed by atoms with Crippen molar-refractivity contribution < 1.29 is 13.2 Å². The highest BCUT2D eigenvalue weighted by Crippen LogP contribution is 2.21. The first kappa shape index (κ1) is 13.4. The third kappa shape index (κ3) is 3.41. The quantitative estimate of drug-likeness (QED) is 0.754. The summed E-state index contributed by atoms with van der Waals surface area (Å²) in [4.78, 5) is 11.1. The Morgan fingerprint density at radius 2 is 1.82 bits per heavy atom. The number of sulfone groups is 1. The second-order valence-corrected chi connectivity index (χ2v) is 5.59. The zero-order valence-electron chi connectivity index (χ0n) is 9.64. The number of carbonyl (C=O) groups excluding carboxylic acids is 1. The van der Waals surface area contributed by atoms with Crippen LogP contribution in [0.2, 0.25) is 0 Å². The van der Waals surface area contributed by atoms with E-state index in [0.29, 0.717) is 0 Å². The minimum Gasteiger partial charge on any atom is -0.300 e. The largest absolute Gasteiger partial charge is 0.300 e. The van der Waals surface area contributed by atoms with E-state index in [9.17, 15) is 13.2 Å². The summed E-state index contributed by atoms with van der Waals surface area (Å²) in [7, 11) is -3.56. The number of allylic oxidation sites excluding steroid dienone is 1. The van der Waals surface area contributed by atoms with Crippen LogP contribution in [-0.2, 0) is 14.6 Å². The molecule has 0 spiro atoms. The van der Waals surface area contributed by atoms with Crippen molar-refractivity contribution in [2.75, 3.05) is 0 Å². The molecule has 1 aromatic rings. The molecule has 0 saturated carbocycles. The molecular formula is C13H14O3S. The van der Waals surface area contributed by atoms with E-state index < -0.39 is 9.84 Å². The molecule has 1 aromatic carbocycles. The monoisotopic (exact) mass is 250 g/mol. The zero-order chi connectivity index (χ0) is 12.9. The second kappa shape index (κ2) is 5.62. The molecule has 0 aromatic heterocycles. The summed E-state index contributed by atoms with van der Waals surface area (Å²) in [6.45, 7) is 4.80. The Bertz CT molecular complexity index is 550. The molecule has 0 bridgehead atoms. The fraction of sp³-hybridized carbons (Fsp3) is 0.231. The number of rotatable bonds is 5. The SMILES string of the molecule is C=C=C(CCC(C)=O)S(=O)(=O)c1ccccc1. The van der Waals surface area contributed by atoms with Gasteiger partial charge in [0, 0.05) is 6.42 Å². The van der Waals surface area contributed by atoms with Crippen LogP contribution in [0.4, 0.5) is 0 Å². The Hall–Kier alpha value is -1.64. The number of hydrogen-bond acceptors (Lipinski definition) is 3. The molecular weight excluding hydrogens is 236 g/mol. The van der Waals surface area contributed by atoms with Gasteiger partial charge < -0.3 is 4.79 Å². The Kier molecular flexibility index (Phi) is 4.44. The van der Waals surface area contributed by atoms with Crippen LogP contribution in [0.3, 0.4) is 0 Å². The van der Waals surface area contributed by atoms with Gasteiger partial charge in [-0.25, -0.2) is 8.42 Å². The van der Waals surface area contributed by atoms with Crippen molar-refractivity contribution in [1.82, 2.24) is 0 Å². The highest BCUT2D eigenvalue weighted by molar-refractivity contribution is 7.95. The lowest BCUT2D eigenvalue weighted by atomic mass is 10.2. The Balaban J connectivity index is 3.05. The molecule has 0 fully saturated rings. The molecule has 0 unspecified atom stereocenters. The van der Waals surface area contributed by atoms with Gasteiger partial charge in [0.25, 0.3) is 0 Å². The lowest BCUT2D eigenvalue weighted by Crippen LogP contribution is -2.05. The molecule has 0 saturated heterocycles. The maximum atomic E-state index is 12.1. The van der Waals surface area contributed by atoms with Gasteiger partial charge in [0.15, 0.2) is 0 Å². The van der Waals surface area contributed by atoms with Gasteiger partial charge in [0.2, 0.25) is 9.84 Å². The predicted molar refractivity (Wildman–Crippen MR) is 66.2 cm³/mol. The minimum atomic E-state index is -3.56. The van der Waals surface area contributed by atoms with Gasteiger partial charge in [-0.2, -0.15) is 0 Å². The van der Waals surface area contributed by atoms with Gasteiger partial charge in [-0.3, -0.25) is 0 Å². The highest BCUT2D eigenvalue weighted by Gasteiger charge is 2.19. The van der Waals surface area contributed by atoms with Gasteiger partial charge in [-0.15, -0.1) is 5.73 Å². The standard InChI is InChI=1S/C13H14O3S/c1-3-12(10-9-11(2)14)17(15,16)13-7-5-4-6-8-13/h4-8H,1,9-10H2,2H3. The average Bonchev–Trinajstić information content (AvgIpc) is 2.30. The third-order valence-electron chi connectivity index (χ3n) is 2.28. The third-order valence-corrected chi connectivity index (χ3v) is 4.17. The maximum absolute atomic E-state index is 12.1. The lowest BCUT2D eigenvalue weighted by Gasteiger charge is -2.05. The van der Waals surface area contributed by atoms with Crippen LogP contribution in [0.1, 0.15) is 19.8 Å². The van der Waals surface area contributed by atoms with Gasteiger partial charge in [0.1, 0.15) is 5.78 Å². The first-order valence-corrected chi connectivity index (χ1v) is 6.65. The van der Waals surface area contributed by atoms with Crippen molar-refractivity contribution in [3.05, 3.63) is 47.5 Å². The number of ketones is 1. The lowest BCUT2D eigenvalue weighted by molar-refractivity contribution is -0.116. The molecule has 0 aliphatic rings. The zero-order valence-corrected chi connectivity index (χ0v) is 10.5. The summed E-state index contributed by atoms with van der Waals surface area (Å²) in [6.07, 6.45) is 0.333. The van der Waals surface area contributed by atoms with Crippen LogP contribution in [0.5, 0.6) is 0 Å². The molecule has 0 aliphatic carbocycles. The first-order valence-electron chi connectivity index (χ1n) is 5.17. The van der Waals surface area contributed by atoms with E-state index in [2.05, 4.69) is 12.3 Å². The van der Waals surface area contributed by atoms with Crippen LogP contribution in [0.25, 0.3) is 0 Å². The van der Waals surface area contributed by atoms with E-state index in [1.807, 2.05) is 0 Å². The summed E-state index contributed by atoms with van der Waals surface area (Å²) in [6, 6.07) is 8.07. The Morgan fingerprint density at radius 3 is 2.29 bits per heavy atom. The fourth-order valence-electron chi connectivity index (χ4n) is 1.35. The number of Topliss-reactive ketones (excluding diaryl/α,β-unsaturated/α-hetero) is 1. The van der Waals surface area contributed by atoms with Gasteiger partial charge >= 0.3 is 0 Å². The number of carbonyl (C=O) groups is 1. The predicted octanol–water partition coefficient (Wildman–Crippen LogP) is 2.50. The van der Waals surface area contributed by atoms with E-state index in [1.54, 1.807) is 18.2 Å². The van der Waals surface area contributed by atoms with E-state index in [4.69, 9.17) is 0 Å². The van der Waals surface area contributed by atoms with Gasteiger partial charge in [-0.05, 0) is 25.5 Å². The maximum Gasteiger partial charge on any atom is 0.210 e. The van der Waals surface area contributed by atoms with Crippen molar-refractivity contribution in [1.29, 1.82) is 0 Å². The Morgan fingerprint density at radius 1 is 1.24 bits per heavy atom. The van der Waals surface area contributed by atoms with Crippen molar-refractivity contribution in [3.63, 3.8) is 0 Å². The number of benzene rings is 1. The van der Waals surface area contributed by atoms with Crippen molar-refractivity contribution in [3.8, 4) is 0 Å². The van der Waals surface area contributed by atoms with E-state index in [1.165, 1.54) is 19.1 Å². The van der Waals surface area contributed by atoms with Gasteiger partial charge in [0.05, 0.1) is 9.80 Å². The molecule has 90 valence electrons. The molecule has 17 heavy (non-hydrogen) atoms. The van der Waals surface area contributed by atoms with Crippen molar-refractivity contribution >= 4 is 15.6 Å².